The van der Waals surface area contributed by atoms with Gasteiger partial charge in [0, 0.05) is 19.4 Å². The lowest BCUT2D eigenvalue weighted by Crippen LogP contribution is -2.47. The fourth-order valence-corrected chi connectivity index (χ4v) is 4.63. The highest BCUT2D eigenvalue weighted by Crippen LogP contribution is 2.40. The van der Waals surface area contributed by atoms with Crippen molar-refractivity contribution in [2.24, 2.45) is 0 Å². The Kier molecular flexibility index (Phi) is 6.73. The van der Waals surface area contributed by atoms with Crippen molar-refractivity contribution in [2.75, 3.05) is 34.5 Å². The van der Waals surface area contributed by atoms with Crippen molar-refractivity contribution >= 4 is 34.2 Å². The summed E-state index contributed by atoms with van der Waals surface area (Å²) in [5.41, 5.74) is 2.70. The smallest absolute Gasteiger partial charge is 0.258 e. The van der Waals surface area contributed by atoms with E-state index >= 15 is 0 Å². The molecule has 0 radical (unpaired) electrons. The van der Waals surface area contributed by atoms with Crippen molar-refractivity contribution < 1.29 is 18.7 Å². The first-order chi connectivity index (χ1) is 15.6. The minimum absolute atomic E-state index is 0.308. The average molecular weight is 473 g/mol. The van der Waals surface area contributed by atoms with Gasteiger partial charge < -0.3 is 29.0 Å². The lowest BCUT2D eigenvalue weighted by Gasteiger charge is -2.37. The summed E-state index contributed by atoms with van der Waals surface area (Å²) in [5.74, 6) is 2.26. The summed E-state index contributed by atoms with van der Waals surface area (Å²) in [6, 6.07) is 9.38. The maximum atomic E-state index is 5.73. The molecule has 10 heteroatoms. The minimum Gasteiger partial charge on any atom is -0.493 e. The molecule has 1 atom stereocenters. The van der Waals surface area contributed by atoms with Crippen LogP contribution in [0.3, 0.4) is 0 Å². The molecule has 0 spiro atoms. The van der Waals surface area contributed by atoms with Crippen molar-refractivity contribution in [2.45, 2.75) is 13.0 Å². The summed E-state index contributed by atoms with van der Waals surface area (Å²) in [6.45, 7) is 3.13. The molecule has 1 unspecified atom stereocenters. The molecule has 1 aliphatic rings. The molecule has 2 aromatic heterocycles. The predicted octanol–water partition coefficient (Wildman–Crippen LogP) is 4.12. The topological polar surface area (TPSA) is 81.9 Å². The molecule has 1 N–H and O–H groups in total. The average Bonchev–Trinajstić information content (AvgIpc) is 3.50. The summed E-state index contributed by atoms with van der Waals surface area (Å²) >= 11 is 7.24. The molecule has 1 aromatic carbocycles. The second kappa shape index (κ2) is 9.68. The Morgan fingerprint density at radius 3 is 2.69 bits per heavy atom. The lowest BCUT2D eigenvalue weighted by molar-refractivity contribution is 0.183. The number of hydrogen-bond donors (Lipinski definition) is 1. The van der Waals surface area contributed by atoms with E-state index in [4.69, 9.17) is 35.9 Å². The standard InChI is InChI=1S/C22H24N4O4S2/c1-13-18(21-24-20(25-30-21)17-6-5-11-32-17)19(23-22(31)26(13)9-10-27-2)14-7-8-15(28-3)16(12-14)29-4/h5-8,11-12,19H,9-10H2,1-4H3,(H,23,31). The first-order valence-corrected chi connectivity index (χ1v) is 11.2. The number of benzene rings is 1. The van der Waals surface area contributed by atoms with E-state index in [-0.39, 0.29) is 6.04 Å². The summed E-state index contributed by atoms with van der Waals surface area (Å²) in [6.07, 6.45) is 0. The highest BCUT2D eigenvalue weighted by Gasteiger charge is 2.34. The summed E-state index contributed by atoms with van der Waals surface area (Å²) in [7, 11) is 4.89. The molecular weight excluding hydrogens is 448 g/mol. The van der Waals surface area contributed by atoms with Gasteiger partial charge >= 0.3 is 0 Å². The van der Waals surface area contributed by atoms with E-state index in [1.54, 1.807) is 32.7 Å². The first kappa shape index (κ1) is 22.3. The van der Waals surface area contributed by atoms with Crippen LogP contribution in [-0.2, 0) is 4.74 Å². The molecule has 8 nitrogen and oxygen atoms in total. The fraction of sp³-hybridized carbons (Fsp3) is 0.318. The SMILES string of the molecule is COCCN1C(=S)NC(c2ccc(OC)c(OC)c2)C(c2nc(-c3cccs3)no2)=C1C. The first-order valence-electron chi connectivity index (χ1n) is 9.95. The number of nitrogens with one attached hydrogen (secondary N) is 1. The number of methoxy groups -OCH3 is 3. The Balaban J connectivity index is 1.81. The van der Waals surface area contributed by atoms with Crippen LogP contribution >= 0.6 is 23.6 Å². The Labute approximate surface area is 195 Å². The number of nitrogens with zero attached hydrogens (tertiary/aromatic N) is 3. The summed E-state index contributed by atoms with van der Waals surface area (Å²) in [4.78, 5) is 7.62. The Hall–Kier alpha value is -2.95. The molecule has 32 heavy (non-hydrogen) atoms. The fourth-order valence-electron chi connectivity index (χ4n) is 3.63. The van der Waals surface area contributed by atoms with Crippen LogP contribution in [0.15, 0.2) is 45.9 Å². The van der Waals surface area contributed by atoms with Crippen LogP contribution < -0.4 is 14.8 Å². The van der Waals surface area contributed by atoms with Crippen LogP contribution in [0.25, 0.3) is 16.3 Å². The number of rotatable bonds is 8. The van der Waals surface area contributed by atoms with Crippen LogP contribution in [0, 0.1) is 0 Å². The van der Waals surface area contributed by atoms with E-state index < -0.39 is 0 Å². The van der Waals surface area contributed by atoms with Gasteiger partial charge in [-0.15, -0.1) is 11.3 Å². The molecule has 0 amide bonds. The van der Waals surface area contributed by atoms with E-state index in [1.165, 1.54) is 0 Å². The third-order valence-corrected chi connectivity index (χ3v) is 6.46. The van der Waals surface area contributed by atoms with Gasteiger partial charge in [0.1, 0.15) is 0 Å². The Bertz CT molecular complexity index is 1130. The maximum Gasteiger partial charge on any atom is 0.258 e. The quantitative estimate of drug-likeness (QED) is 0.487. The van der Waals surface area contributed by atoms with E-state index in [1.807, 2.05) is 47.5 Å². The van der Waals surface area contributed by atoms with Crippen LogP contribution in [0.5, 0.6) is 11.5 Å². The maximum absolute atomic E-state index is 5.73. The second-order valence-corrected chi connectivity index (χ2v) is 8.38. The van der Waals surface area contributed by atoms with Gasteiger partial charge in [-0.2, -0.15) is 4.98 Å². The third-order valence-electron chi connectivity index (χ3n) is 5.25. The van der Waals surface area contributed by atoms with Gasteiger partial charge in [0.25, 0.3) is 5.89 Å². The van der Waals surface area contributed by atoms with Crippen LogP contribution in [0.4, 0.5) is 0 Å². The van der Waals surface area contributed by atoms with Gasteiger partial charge in [0.05, 0.1) is 37.3 Å². The molecule has 0 saturated heterocycles. The molecule has 4 rings (SSSR count). The van der Waals surface area contributed by atoms with Gasteiger partial charge in [-0.25, -0.2) is 0 Å². The molecule has 168 valence electrons. The Morgan fingerprint density at radius 1 is 1.19 bits per heavy atom. The zero-order valence-electron chi connectivity index (χ0n) is 18.2. The highest BCUT2D eigenvalue weighted by molar-refractivity contribution is 7.80. The molecule has 1 aliphatic heterocycles. The van der Waals surface area contributed by atoms with Crippen LogP contribution in [0.2, 0.25) is 0 Å². The number of ether oxygens (including phenoxy) is 3. The number of allylic oxidation sites excluding steroid dienone is 1. The molecule has 3 aromatic rings. The summed E-state index contributed by atoms with van der Waals surface area (Å²) in [5, 5.41) is 10.2. The Morgan fingerprint density at radius 2 is 2.00 bits per heavy atom. The zero-order chi connectivity index (χ0) is 22.7. The van der Waals surface area contributed by atoms with Crippen molar-refractivity contribution in [1.82, 2.24) is 20.4 Å². The monoisotopic (exact) mass is 472 g/mol. The van der Waals surface area contributed by atoms with E-state index in [9.17, 15) is 0 Å². The van der Waals surface area contributed by atoms with Crippen molar-refractivity contribution in [3.05, 3.63) is 52.9 Å². The van der Waals surface area contributed by atoms with Gasteiger partial charge in [-0.3, -0.25) is 0 Å². The normalized spacial score (nSPS) is 16.3. The zero-order valence-corrected chi connectivity index (χ0v) is 19.9. The van der Waals surface area contributed by atoms with E-state index in [0.29, 0.717) is 41.5 Å². The lowest BCUT2D eigenvalue weighted by atomic mass is 9.94. The number of hydrogen-bond acceptors (Lipinski definition) is 8. The van der Waals surface area contributed by atoms with Crippen LogP contribution in [-0.4, -0.2) is 54.6 Å². The molecule has 0 bridgehead atoms. The second-order valence-electron chi connectivity index (χ2n) is 7.04. The number of thiocarbonyl (C=S) groups is 1. The third kappa shape index (κ3) is 4.21. The predicted molar refractivity (Wildman–Crippen MR) is 127 cm³/mol. The number of thiophene rings is 1. The van der Waals surface area contributed by atoms with Crippen molar-refractivity contribution in [3.8, 4) is 22.2 Å². The summed E-state index contributed by atoms with van der Waals surface area (Å²) < 4.78 is 21.9. The van der Waals surface area contributed by atoms with E-state index in [0.717, 1.165) is 21.7 Å². The van der Waals surface area contributed by atoms with Crippen molar-refractivity contribution in [3.63, 3.8) is 0 Å². The molecule has 0 fully saturated rings. The minimum atomic E-state index is -0.308. The van der Waals surface area contributed by atoms with Crippen molar-refractivity contribution in [1.29, 1.82) is 0 Å². The van der Waals surface area contributed by atoms with Gasteiger partial charge in [0.2, 0.25) is 5.82 Å². The largest absolute Gasteiger partial charge is 0.493 e. The van der Waals surface area contributed by atoms with Gasteiger partial charge in [-0.05, 0) is 48.3 Å². The number of aromatic nitrogens is 2. The highest BCUT2D eigenvalue weighted by atomic mass is 32.1. The molecule has 3 heterocycles. The van der Waals surface area contributed by atoms with Crippen LogP contribution in [0.1, 0.15) is 24.4 Å². The molecular formula is C22H24N4O4S2. The molecule has 0 saturated carbocycles. The van der Waals surface area contributed by atoms with E-state index in [2.05, 4.69) is 10.5 Å². The van der Waals surface area contributed by atoms with Gasteiger partial charge in [-0.1, -0.05) is 17.3 Å². The van der Waals surface area contributed by atoms with Gasteiger partial charge in [0.15, 0.2) is 16.6 Å². The molecule has 0 aliphatic carbocycles.